The van der Waals surface area contributed by atoms with Gasteiger partial charge in [-0.1, -0.05) is 206 Å². The zero-order chi connectivity index (χ0) is 49.1. The van der Waals surface area contributed by atoms with Crippen LogP contribution in [0.3, 0.4) is 0 Å². The van der Waals surface area contributed by atoms with E-state index in [4.69, 9.17) is 0 Å². The summed E-state index contributed by atoms with van der Waals surface area (Å²) in [5, 5.41) is 26.8. The second-order valence-electron chi connectivity index (χ2n) is 19.7. The van der Waals surface area contributed by atoms with Gasteiger partial charge in [-0.15, -0.1) is 0 Å². The van der Waals surface area contributed by atoms with Crippen LogP contribution in [-0.2, 0) is 10.8 Å². The molecule has 0 spiro atoms. The topological polar surface area (TPSA) is 57.4 Å². The Labute approximate surface area is 428 Å². The van der Waals surface area contributed by atoms with Crippen molar-refractivity contribution in [3.05, 3.63) is 310 Å². The van der Waals surface area contributed by atoms with Crippen LogP contribution in [0.5, 0.6) is 0 Å². The molecule has 0 radical (unpaired) electrons. The summed E-state index contributed by atoms with van der Waals surface area (Å²) in [6.45, 7) is 0. The number of aromatic nitrogens is 2. The van der Waals surface area contributed by atoms with Crippen LogP contribution in [0.15, 0.2) is 255 Å². The van der Waals surface area contributed by atoms with Crippen molar-refractivity contribution in [3.63, 3.8) is 0 Å². The first-order chi connectivity index (χ1) is 36.6. The lowest BCUT2D eigenvalue weighted by atomic mass is 9.67. The smallest absolute Gasteiger partial charge is 0.101 e. The van der Waals surface area contributed by atoms with Crippen molar-refractivity contribution in [1.29, 1.82) is 10.5 Å². The third-order valence-electron chi connectivity index (χ3n) is 16.3. The highest BCUT2D eigenvalue weighted by Gasteiger charge is 2.48. The largest absolute Gasteiger partial charge is 0.308 e. The van der Waals surface area contributed by atoms with Crippen molar-refractivity contribution in [2.24, 2.45) is 0 Å². The number of hydrogen-bond donors (Lipinski definition) is 0. The molecule has 15 rings (SSSR count). The number of benzene rings is 11. The Morgan fingerprint density at radius 3 is 0.986 bits per heavy atom. The average Bonchev–Trinajstić information content (AvgIpc) is 4.18. The van der Waals surface area contributed by atoms with Gasteiger partial charge in [-0.25, -0.2) is 0 Å². The van der Waals surface area contributed by atoms with E-state index >= 15 is 0 Å². The first kappa shape index (κ1) is 41.8. The fourth-order valence-electron chi connectivity index (χ4n) is 13.5. The SMILES string of the molecule is N#Cc1cc(C#N)c(-n2c3ccccc3c3cc4c(cc32)-c2ccccc2C4(c2ccccc2)c2ccccc2)cc1-n1c2ccccc2c2cc3c(cc21)-c1ccccc1C3(c1ccccc1)c1ccccc1. The molecule has 4 heteroatoms. The van der Waals surface area contributed by atoms with Crippen LogP contribution >= 0.6 is 0 Å². The minimum absolute atomic E-state index is 0.419. The maximum absolute atomic E-state index is 11.2. The quantitative estimate of drug-likeness (QED) is 0.167. The van der Waals surface area contributed by atoms with Gasteiger partial charge < -0.3 is 9.13 Å². The number of hydrogen-bond acceptors (Lipinski definition) is 2. The van der Waals surface area contributed by atoms with E-state index in [1.807, 2.05) is 0 Å². The van der Waals surface area contributed by atoms with E-state index < -0.39 is 10.8 Å². The molecule has 2 aromatic heterocycles. The molecule has 74 heavy (non-hydrogen) atoms. The molecule has 0 unspecified atom stereocenters. The number of rotatable bonds is 6. The maximum atomic E-state index is 11.2. The van der Waals surface area contributed by atoms with Gasteiger partial charge in [-0.2, -0.15) is 10.5 Å². The second-order valence-corrected chi connectivity index (χ2v) is 19.7. The van der Waals surface area contributed by atoms with Gasteiger partial charge in [0.15, 0.2) is 0 Å². The minimum Gasteiger partial charge on any atom is -0.308 e. The standard InChI is InChI=1S/C70H42N4/c71-43-45-37-46(44-72)66(74-64-36-20-16-32-54(64)58-39-62-56(41-68(58)74)52-30-14-18-34-60(52)70(62,49-25-9-3-10-26-49)50-27-11-4-12-28-50)42-65(45)73-63-35-19-15-31-53(63)57-38-61-55(40-67(57)73)51-29-13-17-33-59(51)69(61,47-21-5-1-6-22-47)48-23-7-2-8-24-48/h1-42H. The first-order valence-corrected chi connectivity index (χ1v) is 25.2. The van der Waals surface area contributed by atoms with E-state index in [-0.39, 0.29) is 0 Å². The van der Waals surface area contributed by atoms with Crippen molar-refractivity contribution >= 4 is 43.6 Å². The van der Waals surface area contributed by atoms with Crippen LogP contribution in [0.1, 0.15) is 55.6 Å². The maximum Gasteiger partial charge on any atom is 0.101 e. The predicted octanol–water partition coefficient (Wildman–Crippen LogP) is 16.4. The van der Waals surface area contributed by atoms with Crippen LogP contribution in [0.4, 0.5) is 0 Å². The lowest BCUT2D eigenvalue weighted by Crippen LogP contribution is -2.28. The van der Waals surface area contributed by atoms with E-state index in [9.17, 15) is 10.5 Å². The molecule has 0 saturated carbocycles. The summed E-state index contributed by atoms with van der Waals surface area (Å²) in [4.78, 5) is 0. The van der Waals surface area contributed by atoms with Crippen molar-refractivity contribution in [2.45, 2.75) is 10.8 Å². The van der Waals surface area contributed by atoms with E-state index in [0.717, 1.165) is 54.7 Å². The predicted molar refractivity (Wildman–Crippen MR) is 299 cm³/mol. The van der Waals surface area contributed by atoms with Gasteiger partial charge in [0.1, 0.15) is 12.1 Å². The fraction of sp³-hybridized carbons (Fsp3) is 0.0286. The summed E-state index contributed by atoms with van der Waals surface area (Å²) in [5.74, 6) is 0. The molecule has 2 heterocycles. The van der Waals surface area contributed by atoms with Gasteiger partial charge in [-0.3, -0.25) is 0 Å². The van der Waals surface area contributed by atoms with E-state index in [1.165, 1.54) is 55.6 Å². The molecule has 0 saturated heterocycles. The zero-order valence-corrected chi connectivity index (χ0v) is 40.0. The molecule has 2 aliphatic rings. The molecule has 0 fully saturated rings. The van der Waals surface area contributed by atoms with Gasteiger partial charge >= 0.3 is 0 Å². The Bertz CT molecular complexity index is 4180. The number of fused-ring (bicyclic) bond motifs is 12. The van der Waals surface area contributed by atoms with Crippen LogP contribution < -0.4 is 0 Å². The summed E-state index contributed by atoms with van der Waals surface area (Å²) in [6.07, 6.45) is 0. The molecule has 0 aliphatic heterocycles. The Balaban J connectivity index is 1.02. The monoisotopic (exact) mass is 938 g/mol. The zero-order valence-electron chi connectivity index (χ0n) is 40.0. The summed E-state index contributed by atoms with van der Waals surface area (Å²) in [7, 11) is 0. The molecule has 13 aromatic rings. The molecule has 0 atom stereocenters. The van der Waals surface area contributed by atoms with Gasteiger partial charge in [0, 0.05) is 21.5 Å². The highest BCUT2D eigenvalue weighted by atomic mass is 15.0. The van der Waals surface area contributed by atoms with Crippen molar-refractivity contribution in [1.82, 2.24) is 9.13 Å². The number of nitrogens with zero attached hydrogens (tertiary/aromatic N) is 4. The average molecular weight is 939 g/mol. The second kappa shape index (κ2) is 15.7. The normalized spacial score (nSPS) is 13.6. The van der Waals surface area contributed by atoms with Crippen molar-refractivity contribution in [3.8, 4) is 45.8 Å². The lowest BCUT2D eigenvalue weighted by molar-refractivity contribution is 0.769. The van der Waals surface area contributed by atoms with Gasteiger partial charge in [-0.05, 0) is 115 Å². The molecule has 342 valence electrons. The van der Waals surface area contributed by atoms with Gasteiger partial charge in [0.2, 0.25) is 0 Å². The highest BCUT2D eigenvalue weighted by molar-refractivity contribution is 6.14. The van der Waals surface area contributed by atoms with Crippen LogP contribution in [0.2, 0.25) is 0 Å². The Morgan fingerprint density at radius 1 is 0.270 bits per heavy atom. The number of para-hydroxylation sites is 2. The van der Waals surface area contributed by atoms with Crippen molar-refractivity contribution in [2.75, 3.05) is 0 Å². The third kappa shape index (κ3) is 5.44. The molecule has 11 aromatic carbocycles. The molecule has 2 aliphatic carbocycles. The van der Waals surface area contributed by atoms with E-state index in [2.05, 4.69) is 270 Å². The van der Waals surface area contributed by atoms with Crippen molar-refractivity contribution < 1.29 is 0 Å². The molecule has 0 amide bonds. The summed E-state index contributed by atoms with van der Waals surface area (Å²) in [5.41, 5.74) is 19.4. The molecule has 4 nitrogen and oxygen atoms in total. The van der Waals surface area contributed by atoms with Crippen LogP contribution in [-0.4, -0.2) is 9.13 Å². The Kier molecular flexibility index (Phi) is 8.89. The third-order valence-corrected chi connectivity index (χ3v) is 16.3. The van der Waals surface area contributed by atoms with Crippen LogP contribution in [0.25, 0.3) is 77.2 Å². The summed E-state index contributed by atoms with van der Waals surface area (Å²) in [6, 6.07) is 96.8. The van der Waals surface area contributed by atoms with E-state index in [0.29, 0.717) is 22.5 Å². The summed E-state index contributed by atoms with van der Waals surface area (Å²) < 4.78 is 4.52. The van der Waals surface area contributed by atoms with Crippen LogP contribution in [0, 0.1) is 22.7 Å². The Hall–Kier alpha value is -10.0. The summed E-state index contributed by atoms with van der Waals surface area (Å²) >= 11 is 0. The van der Waals surface area contributed by atoms with Gasteiger partial charge in [0.25, 0.3) is 0 Å². The first-order valence-electron chi connectivity index (χ1n) is 25.2. The highest BCUT2D eigenvalue weighted by Crippen LogP contribution is 2.59. The molecule has 0 N–H and O–H groups in total. The number of nitriles is 2. The fourth-order valence-corrected chi connectivity index (χ4v) is 13.5. The molecule has 0 bridgehead atoms. The minimum atomic E-state index is -0.579. The molecular weight excluding hydrogens is 897 g/mol. The van der Waals surface area contributed by atoms with Gasteiger partial charge in [0.05, 0.1) is 55.4 Å². The lowest BCUT2D eigenvalue weighted by Gasteiger charge is -2.34. The Morgan fingerprint density at radius 2 is 0.608 bits per heavy atom. The van der Waals surface area contributed by atoms with E-state index in [1.54, 1.807) is 6.07 Å². The molecular formula is C70H42N4.